The van der Waals surface area contributed by atoms with E-state index in [4.69, 9.17) is 19.2 Å². The lowest BCUT2D eigenvalue weighted by Gasteiger charge is -2.50. The van der Waals surface area contributed by atoms with Gasteiger partial charge in [0.05, 0.1) is 12.7 Å². The van der Waals surface area contributed by atoms with E-state index < -0.39 is 5.79 Å². The summed E-state index contributed by atoms with van der Waals surface area (Å²) in [6.07, 6.45) is 32.3. The molecular formula is C48H82O6. The zero-order valence-electron chi connectivity index (χ0n) is 36.6. The first-order valence-corrected chi connectivity index (χ1v) is 22.2. The van der Waals surface area contributed by atoms with E-state index in [1.54, 1.807) is 0 Å². The van der Waals surface area contributed by atoms with Gasteiger partial charge in [-0.1, -0.05) is 149 Å². The van der Waals surface area contributed by atoms with E-state index in [2.05, 4.69) is 65.8 Å². The van der Waals surface area contributed by atoms with Crippen molar-refractivity contribution in [2.45, 2.75) is 221 Å². The molecule has 0 radical (unpaired) electrons. The number of carbonyl (C=O) groups is 2. The summed E-state index contributed by atoms with van der Waals surface area (Å²) in [5.41, 5.74) is 2.79. The van der Waals surface area contributed by atoms with Crippen molar-refractivity contribution in [3.8, 4) is 0 Å². The Morgan fingerprint density at radius 2 is 1.44 bits per heavy atom. The molecule has 54 heavy (non-hydrogen) atoms. The normalized spacial score (nSPS) is 22.5. The zero-order chi connectivity index (χ0) is 40.0. The summed E-state index contributed by atoms with van der Waals surface area (Å²) in [6, 6.07) is 0. The van der Waals surface area contributed by atoms with Crippen LogP contribution in [0.25, 0.3) is 0 Å². The molecule has 0 unspecified atom stereocenters. The van der Waals surface area contributed by atoms with Crippen molar-refractivity contribution in [2.75, 3.05) is 7.11 Å². The summed E-state index contributed by atoms with van der Waals surface area (Å²) in [6.45, 7) is 19.8. The molecule has 2 rings (SSSR count). The number of hydrogen-bond acceptors (Lipinski definition) is 6. The molecule has 2 aliphatic rings. The Bertz CT molecular complexity index is 1230. The highest BCUT2D eigenvalue weighted by Crippen LogP contribution is 2.51. The quantitative estimate of drug-likeness (QED) is 0.0249. The van der Waals surface area contributed by atoms with Gasteiger partial charge in [-0.15, -0.1) is 0 Å². The second kappa shape index (κ2) is 26.0. The van der Waals surface area contributed by atoms with Gasteiger partial charge in [-0.2, -0.15) is 4.89 Å². The van der Waals surface area contributed by atoms with E-state index >= 15 is 0 Å². The molecular weight excluding hydrogens is 673 g/mol. The molecule has 0 saturated carbocycles. The molecule has 5 atom stereocenters. The fourth-order valence-corrected chi connectivity index (χ4v) is 8.12. The number of hydrogen-bond donors (Lipinski definition) is 0. The zero-order valence-corrected chi connectivity index (χ0v) is 36.6. The number of fused-ring (bicyclic) bond motifs is 1. The fraction of sp³-hybridized carbons (Fsp3) is 0.792. The van der Waals surface area contributed by atoms with Crippen LogP contribution in [0.3, 0.4) is 0 Å². The Morgan fingerprint density at radius 3 is 2.11 bits per heavy atom. The minimum absolute atomic E-state index is 0.0858. The Hall–Kier alpha value is -2.02. The number of allylic oxidation sites excluding steroid dienone is 5. The molecule has 0 aromatic heterocycles. The van der Waals surface area contributed by atoms with Crippen molar-refractivity contribution in [1.29, 1.82) is 0 Å². The summed E-state index contributed by atoms with van der Waals surface area (Å²) in [5, 5.41) is 0. The van der Waals surface area contributed by atoms with Gasteiger partial charge in [0.2, 0.25) is 5.79 Å². The van der Waals surface area contributed by atoms with Crippen molar-refractivity contribution in [2.24, 2.45) is 17.8 Å². The second-order valence-electron chi connectivity index (χ2n) is 17.6. The van der Waals surface area contributed by atoms with Gasteiger partial charge in [0, 0.05) is 23.1 Å². The molecule has 1 saturated heterocycles. The lowest BCUT2D eigenvalue weighted by atomic mass is 9.75. The minimum Gasteiger partial charge on any atom is -0.469 e. The van der Waals surface area contributed by atoms with Crippen LogP contribution < -0.4 is 0 Å². The number of esters is 1. The van der Waals surface area contributed by atoms with Gasteiger partial charge in [-0.3, -0.25) is 9.59 Å². The van der Waals surface area contributed by atoms with Crippen LogP contribution in [0, 0.1) is 17.8 Å². The largest absolute Gasteiger partial charge is 0.469 e. The number of methoxy groups -OCH3 is 1. The average Bonchev–Trinajstić information content (AvgIpc) is 3.13. The summed E-state index contributed by atoms with van der Waals surface area (Å²) < 4.78 is 11.9. The highest BCUT2D eigenvalue weighted by molar-refractivity contribution is 6.10. The number of ketones is 1. The van der Waals surface area contributed by atoms with Gasteiger partial charge >= 0.3 is 5.97 Å². The Kier molecular flexibility index (Phi) is 23.2. The molecule has 1 heterocycles. The van der Waals surface area contributed by atoms with Crippen molar-refractivity contribution < 1.29 is 28.8 Å². The Labute approximate surface area is 332 Å². The van der Waals surface area contributed by atoms with E-state index in [1.807, 2.05) is 20.8 Å². The molecule has 310 valence electrons. The fourth-order valence-electron chi connectivity index (χ4n) is 8.12. The van der Waals surface area contributed by atoms with Gasteiger partial charge in [-0.25, -0.2) is 4.89 Å². The molecule has 0 aromatic carbocycles. The van der Waals surface area contributed by atoms with Gasteiger partial charge in [0.15, 0.2) is 5.78 Å². The standard InChI is InChI=1S/C48H82O6/c1-11-12-20-31-43(32-21-18-16-14-13-15-17-19-22-33-45(49)51-10)52-54-48-42(8)40(6)46(50)41(7)44(48)34-36-47(9,53-48)35-25-30-39(5)29-24-28-38(4)27-23-26-37(2)3/h16,18,21,32,37-39,43H,11-15,17,19-20,22-31,33-36H2,1-10H3/b18-16-,32-21+/t38-,39-,43-,47-,48-/m1/s1. The van der Waals surface area contributed by atoms with Gasteiger partial charge in [0.1, 0.15) is 6.10 Å². The number of carbonyl (C=O) groups excluding carboxylic acids is 2. The third-order valence-corrected chi connectivity index (χ3v) is 12.1. The average molecular weight is 755 g/mol. The number of rotatable bonds is 29. The molecule has 0 amide bonds. The molecule has 0 N–H and O–H groups in total. The number of Topliss-reactive ketones (excluding diaryl/α,β-unsaturated/α-hetero) is 1. The van der Waals surface area contributed by atoms with E-state index in [-0.39, 0.29) is 23.5 Å². The van der Waals surface area contributed by atoms with Crippen molar-refractivity contribution in [3.05, 3.63) is 46.6 Å². The number of unbranched alkanes of at least 4 members (excludes halogenated alkanes) is 7. The number of ether oxygens (including phenoxy) is 2. The van der Waals surface area contributed by atoms with E-state index in [1.165, 1.54) is 52.1 Å². The van der Waals surface area contributed by atoms with Crippen molar-refractivity contribution >= 4 is 11.8 Å². The summed E-state index contributed by atoms with van der Waals surface area (Å²) in [7, 11) is 1.45. The van der Waals surface area contributed by atoms with Gasteiger partial charge in [-0.05, 0) is 96.0 Å². The molecule has 0 spiro atoms. The maximum atomic E-state index is 13.3. The second-order valence-corrected chi connectivity index (χ2v) is 17.6. The molecule has 6 nitrogen and oxygen atoms in total. The third kappa shape index (κ3) is 17.0. The van der Waals surface area contributed by atoms with Crippen LogP contribution in [-0.2, 0) is 28.8 Å². The Balaban J connectivity index is 2.02. The van der Waals surface area contributed by atoms with Crippen molar-refractivity contribution in [1.82, 2.24) is 0 Å². The smallest absolute Gasteiger partial charge is 0.305 e. The minimum atomic E-state index is -1.18. The monoisotopic (exact) mass is 755 g/mol. The van der Waals surface area contributed by atoms with E-state index in [0.717, 1.165) is 118 Å². The first-order valence-electron chi connectivity index (χ1n) is 22.2. The van der Waals surface area contributed by atoms with Crippen LogP contribution in [0.5, 0.6) is 0 Å². The molecule has 0 bridgehead atoms. The van der Waals surface area contributed by atoms with Gasteiger partial charge < -0.3 is 9.47 Å². The van der Waals surface area contributed by atoms with Crippen LogP contribution in [-0.4, -0.2) is 36.4 Å². The first kappa shape index (κ1) is 48.1. The molecule has 1 fully saturated rings. The molecule has 1 aliphatic heterocycles. The summed E-state index contributed by atoms with van der Waals surface area (Å²) in [5.74, 6) is 1.13. The molecule has 0 aromatic rings. The summed E-state index contributed by atoms with van der Waals surface area (Å²) >= 11 is 0. The maximum Gasteiger partial charge on any atom is 0.305 e. The topological polar surface area (TPSA) is 71.1 Å². The lowest BCUT2D eigenvalue weighted by Crippen LogP contribution is -2.54. The van der Waals surface area contributed by atoms with Crippen LogP contribution in [0.15, 0.2) is 46.6 Å². The van der Waals surface area contributed by atoms with E-state index in [0.29, 0.717) is 17.9 Å². The SMILES string of the molecule is CCCCC[C@H](/C=C/C=C\CCCCCCCC(=O)OC)OO[C@@]12O[C@](C)(CCC[C@H](C)CCC[C@H](C)CCCC(C)C)CCC1=C(C)C(=O)C(C)=C2C. The predicted molar refractivity (Wildman–Crippen MR) is 225 cm³/mol. The third-order valence-electron chi connectivity index (χ3n) is 12.1. The summed E-state index contributed by atoms with van der Waals surface area (Å²) in [4.78, 5) is 37.5. The first-order chi connectivity index (χ1) is 25.8. The van der Waals surface area contributed by atoms with E-state index in [9.17, 15) is 9.59 Å². The Morgan fingerprint density at radius 1 is 0.796 bits per heavy atom. The van der Waals surface area contributed by atoms with Crippen LogP contribution in [0.2, 0.25) is 0 Å². The predicted octanol–water partition coefficient (Wildman–Crippen LogP) is 13.8. The lowest BCUT2D eigenvalue weighted by molar-refractivity contribution is -0.436. The molecule has 6 heteroatoms. The maximum absolute atomic E-state index is 13.3. The highest BCUT2D eigenvalue weighted by atomic mass is 17.2. The van der Waals surface area contributed by atoms with Crippen molar-refractivity contribution in [3.63, 3.8) is 0 Å². The molecule has 1 aliphatic carbocycles. The van der Waals surface area contributed by atoms with Gasteiger partial charge in [0.25, 0.3) is 0 Å². The van der Waals surface area contributed by atoms with Crippen LogP contribution >= 0.6 is 0 Å². The van der Waals surface area contributed by atoms with Crippen LogP contribution in [0.1, 0.15) is 204 Å². The van der Waals surface area contributed by atoms with Crippen LogP contribution in [0.4, 0.5) is 0 Å². The highest BCUT2D eigenvalue weighted by Gasteiger charge is 2.54.